The topological polar surface area (TPSA) is 13.1 Å². The van der Waals surface area contributed by atoms with Crippen LogP contribution >= 0.6 is 11.6 Å². The number of hydrogen-bond acceptors (Lipinski definition) is 1. The molecule has 0 saturated carbocycles. The smallest absolute Gasteiger partial charge is 0.101 e. The minimum atomic E-state index is 0.753. The van der Waals surface area contributed by atoms with Crippen LogP contribution in [-0.4, -0.2) is 0 Å². The fraction of sp³-hybridized carbons (Fsp3) is 0.0909. The lowest BCUT2D eigenvalue weighted by molar-refractivity contribution is 0.535. The Balaban J connectivity index is 2.52. The maximum Gasteiger partial charge on any atom is 0.101 e. The van der Waals surface area contributed by atoms with Crippen LogP contribution in [0, 0.1) is 6.92 Å². The Bertz CT molecular complexity index is 418. The van der Waals surface area contributed by atoms with E-state index < -0.39 is 0 Å². The number of benzene rings is 1. The van der Waals surface area contributed by atoms with Crippen LogP contribution in [0.15, 0.2) is 41.0 Å². The SMILES string of the molecule is Cc1cc(-c2ccccc2Cl)co1. The molecule has 1 nitrogen and oxygen atoms in total. The van der Waals surface area contributed by atoms with E-state index in [1.54, 1.807) is 6.26 Å². The van der Waals surface area contributed by atoms with Gasteiger partial charge in [-0.1, -0.05) is 29.8 Å². The highest BCUT2D eigenvalue weighted by Gasteiger charge is 2.04. The molecule has 2 heteroatoms. The van der Waals surface area contributed by atoms with Crippen molar-refractivity contribution in [3.8, 4) is 11.1 Å². The number of halogens is 1. The van der Waals surface area contributed by atoms with Crippen molar-refractivity contribution < 1.29 is 4.42 Å². The quantitative estimate of drug-likeness (QED) is 0.668. The van der Waals surface area contributed by atoms with E-state index in [0.717, 1.165) is 21.9 Å². The van der Waals surface area contributed by atoms with E-state index in [2.05, 4.69) is 0 Å². The van der Waals surface area contributed by atoms with Crippen LogP contribution in [0.25, 0.3) is 11.1 Å². The zero-order valence-electron chi connectivity index (χ0n) is 7.25. The Labute approximate surface area is 82.0 Å². The van der Waals surface area contributed by atoms with E-state index in [-0.39, 0.29) is 0 Å². The summed E-state index contributed by atoms with van der Waals surface area (Å²) in [6.45, 7) is 1.92. The van der Waals surface area contributed by atoms with Crippen LogP contribution in [0.3, 0.4) is 0 Å². The molecule has 1 aromatic heterocycles. The molecule has 0 atom stereocenters. The molecular formula is C11H9ClO. The predicted octanol–water partition coefficient (Wildman–Crippen LogP) is 3.91. The first-order valence-electron chi connectivity index (χ1n) is 4.07. The summed E-state index contributed by atoms with van der Waals surface area (Å²) in [4.78, 5) is 0. The van der Waals surface area contributed by atoms with E-state index >= 15 is 0 Å². The van der Waals surface area contributed by atoms with Crippen molar-refractivity contribution in [1.29, 1.82) is 0 Å². The van der Waals surface area contributed by atoms with Gasteiger partial charge < -0.3 is 4.42 Å². The second-order valence-corrected chi connectivity index (χ2v) is 3.33. The highest BCUT2D eigenvalue weighted by molar-refractivity contribution is 6.33. The van der Waals surface area contributed by atoms with E-state index in [0.29, 0.717) is 0 Å². The van der Waals surface area contributed by atoms with Gasteiger partial charge in [-0.2, -0.15) is 0 Å². The highest BCUT2D eigenvalue weighted by Crippen LogP contribution is 2.28. The molecule has 0 amide bonds. The average molecular weight is 193 g/mol. The summed E-state index contributed by atoms with van der Waals surface area (Å²) in [5.74, 6) is 0.898. The summed E-state index contributed by atoms with van der Waals surface area (Å²) < 4.78 is 5.22. The van der Waals surface area contributed by atoms with Gasteiger partial charge in [0.1, 0.15) is 5.76 Å². The molecule has 0 aliphatic rings. The summed E-state index contributed by atoms with van der Waals surface area (Å²) in [6.07, 6.45) is 1.72. The second kappa shape index (κ2) is 3.27. The van der Waals surface area contributed by atoms with Crippen LogP contribution in [0.2, 0.25) is 5.02 Å². The van der Waals surface area contributed by atoms with Gasteiger partial charge in [0, 0.05) is 16.1 Å². The summed E-state index contributed by atoms with van der Waals surface area (Å²) in [7, 11) is 0. The standard InChI is InChI=1S/C11H9ClO/c1-8-6-9(7-13-8)10-4-2-3-5-11(10)12/h2-7H,1H3. The third kappa shape index (κ3) is 1.61. The molecule has 1 aromatic carbocycles. The number of rotatable bonds is 1. The van der Waals surface area contributed by atoms with Crippen LogP contribution in [0.4, 0.5) is 0 Å². The number of aryl methyl sites for hydroxylation is 1. The molecule has 66 valence electrons. The molecule has 1 heterocycles. The minimum Gasteiger partial charge on any atom is -0.469 e. The molecule has 0 radical (unpaired) electrons. The summed E-state index contributed by atoms with van der Waals surface area (Å²) >= 11 is 6.03. The van der Waals surface area contributed by atoms with Gasteiger partial charge in [0.15, 0.2) is 0 Å². The van der Waals surface area contributed by atoms with Crippen molar-refractivity contribution in [3.63, 3.8) is 0 Å². The van der Waals surface area contributed by atoms with Gasteiger partial charge in [0.2, 0.25) is 0 Å². The molecule has 0 N–H and O–H groups in total. The molecule has 0 aliphatic heterocycles. The third-order valence-corrected chi connectivity index (χ3v) is 2.25. The van der Waals surface area contributed by atoms with E-state index in [9.17, 15) is 0 Å². The Kier molecular flexibility index (Phi) is 2.11. The first kappa shape index (κ1) is 8.39. The van der Waals surface area contributed by atoms with Crippen LogP contribution in [0.1, 0.15) is 5.76 Å². The zero-order chi connectivity index (χ0) is 9.26. The summed E-state index contributed by atoms with van der Waals surface area (Å²) in [5.41, 5.74) is 2.05. The molecule has 2 rings (SSSR count). The number of hydrogen-bond donors (Lipinski definition) is 0. The fourth-order valence-corrected chi connectivity index (χ4v) is 1.52. The van der Waals surface area contributed by atoms with Crippen molar-refractivity contribution in [2.45, 2.75) is 6.92 Å². The second-order valence-electron chi connectivity index (χ2n) is 2.93. The van der Waals surface area contributed by atoms with Crippen molar-refractivity contribution in [2.24, 2.45) is 0 Å². The minimum absolute atomic E-state index is 0.753. The van der Waals surface area contributed by atoms with Crippen molar-refractivity contribution in [3.05, 3.63) is 47.4 Å². The van der Waals surface area contributed by atoms with Gasteiger partial charge >= 0.3 is 0 Å². The maximum absolute atomic E-state index is 6.03. The molecule has 0 unspecified atom stereocenters. The van der Waals surface area contributed by atoms with Crippen LogP contribution in [0.5, 0.6) is 0 Å². The molecule has 0 spiro atoms. The third-order valence-electron chi connectivity index (χ3n) is 1.92. The van der Waals surface area contributed by atoms with Gasteiger partial charge in [-0.3, -0.25) is 0 Å². The normalized spacial score (nSPS) is 10.3. The van der Waals surface area contributed by atoms with E-state index in [4.69, 9.17) is 16.0 Å². The molecule has 2 aromatic rings. The molecular weight excluding hydrogens is 184 g/mol. The Morgan fingerprint density at radius 3 is 2.62 bits per heavy atom. The van der Waals surface area contributed by atoms with E-state index in [1.807, 2.05) is 37.3 Å². The molecule has 0 fully saturated rings. The molecule has 0 saturated heterocycles. The van der Waals surface area contributed by atoms with Crippen molar-refractivity contribution >= 4 is 11.6 Å². The fourth-order valence-electron chi connectivity index (χ4n) is 1.28. The van der Waals surface area contributed by atoms with Gasteiger partial charge in [-0.25, -0.2) is 0 Å². The molecule has 0 bridgehead atoms. The first-order chi connectivity index (χ1) is 6.27. The largest absolute Gasteiger partial charge is 0.469 e. The lowest BCUT2D eigenvalue weighted by atomic mass is 10.1. The van der Waals surface area contributed by atoms with Crippen molar-refractivity contribution in [2.75, 3.05) is 0 Å². The van der Waals surface area contributed by atoms with Gasteiger partial charge in [-0.05, 0) is 19.1 Å². The highest BCUT2D eigenvalue weighted by atomic mass is 35.5. The van der Waals surface area contributed by atoms with E-state index in [1.165, 1.54) is 0 Å². The van der Waals surface area contributed by atoms with Gasteiger partial charge in [0.05, 0.1) is 6.26 Å². The van der Waals surface area contributed by atoms with Gasteiger partial charge in [-0.15, -0.1) is 0 Å². The Morgan fingerprint density at radius 2 is 2.00 bits per heavy atom. The Hall–Kier alpha value is -1.21. The van der Waals surface area contributed by atoms with Gasteiger partial charge in [0.25, 0.3) is 0 Å². The summed E-state index contributed by atoms with van der Waals surface area (Å²) in [5, 5.41) is 0.753. The molecule has 13 heavy (non-hydrogen) atoms. The van der Waals surface area contributed by atoms with Crippen LogP contribution in [-0.2, 0) is 0 Å². The van der Waals surface area contributed by atoms with Crippen molar-refractivity contribution in [1.82, 2.24) is 0 Å². The zero-order valence-corrected chi connectivity index (χ0v) is 8.01. The lowest BCUT2D eigenvalue weighted by Gasteiger charge is -1.98. The first-order valence-corrected chi connectivity index (χ1v) is 4.45. The molecule has 0 aliphatic carbocycles. The number of furan rings is 1. The summed E-state index contributed by atoms with van der Waals surface area (Å²) in [6, 6.07) is 9.70. The monoisotopic (exact) mass is 192 g/mol. The maximum atomic E-state index is 6.03. The van der Waals surface area contributed by atoms with Crippen LogP contribution < -0.4 is 0 Å². The predicted molar refractivity (Wildman–Crippen MR) is 53.9 cm³/mol. The average Bonchev–Trinajstić information content (AvgIpc) is 2.53. The lowest BCUT2D eigenvalue weighted by Crippen LogP contribution is -1.74. The Morgan fingerprint density at radius 1 is 1.23 bits per heavy atom.